The van der Waals surface area contributed by atoms with Gasteiger partial charge in [0.15, 0.2) is 0 Å². The molecule has 7 heteroatoms. The van der Waals surface area contributed by atoms with Crippen molar-refractivity contribution in [1.29, 1.82) is 0 Å². The maximum atomic E-state index is 13.4. The molecule has 29 heavy (non-hydrogen) atoms. The summed E-state index contributed by atoms with van der Waals surface area (Å²) in [5.74, 6) is -0.121. The first-order valence-corrected chi connectivity index (χ1v) is 10.4. The Balaban J connectivity index is 2.04. The lowest BCUT2D eigenvalue weighted by molar-refractivity contribution is -0.139. The molecular weight excluding hydrogens is 373 g/mol. The van der Waals surface area contributed by atoms with Crippen LogP contribution in [0.4, 0.5) is 9.18 Å². The molecule has 1 saturated heterocycles. The van der Waals surface area contributed by atoms with Crippen LogP contribution in [-0.2, 0) is 9.53 Å². The maximum Gasteiger partial charge on any atom is 0.338 e. The molecule has 0 aliphatic carbocycles. The van der Waals surface area contributed by atoms with Gasteiger partial charge in [-0.1, -0.05) is 19.1 Å². The molecule has 158 valence electrons. The third-order valence-electron chi connectivity index (χ3n) is 5.70. The van der Waals surface area contributed by atoms with E-state index in [0.29, 0.717) is 35.8 Å². The van der Waals surface area contributed by atoms with E-state index in [2.05, 4.69) is 17.1 Å². The van der Waals surface area contributed by atoms with Gasteiger partial charge in [0, 0.05) is 18.8 Å². The summed E-state index contributed by atoms with van der Waals surface area (Å²) in [4.78, 5) is 29.7. The number of nitrogens with one attached hydrogen (secondary N) is 1. The number of carbonyl (C=O) groups is 2. The SMILES string of the molecule is CCOC(=O)C1=C(CN2CCC(C)CC2)N(CC)C(=O)N[C@@H]1c1ccc(F)cc1. The molecule has 0 bridgehead atoms. The average Bonchev–Trinajstić information content (AvgIpc) is 2.70. The number of ether oxygens (including phenoxy) is 1. The number of amides is 2. The smallest absolute Gasteiger partial charge is 0.338 e. The van der Waals surface area contributed by atoms with Gasteiger partial charge in [0.25, 0.3) is 0 Å². The van der Waals surface area contributed by atoms with Gasteiger partial charge in [-0.3, -0.25) is 9.80 Å². The van der Waals surface area contributed by atoms with E-state index in [-0.39, 0.29) is 18.5 Å². The Morgan fingerprint density at radius 2 is 1.86 bits per heavy atom. The van der Waals surface area contributed by atoms with Crippen LogP contribution in [0.5, 0.6) is 0 Å². The third kappa shape index (κ3) is 4.78. The number of nitrogens with zero attached hydrogens (tertiary/aromatic N) is 2. The second-order valence-corrected chi connectivity index (χ2v) is 7.72. The maximum absolute atomic E-state index is 13.4. The largest absolute Gasteiger partial charge is 0.463 e. The van der Waals surface area contributed by atoms with E-state index in [0.717, 1.165) is 25.9 Å². The highest BCUT2D eigenvalue weighted by Crippen LogP contribution is 2.32. The number of likely N-dealkylation sites (tertiary alicyclic amines) is 1. The first-order valence-electron chi connectivity index (χ1n) is 10.4. The third-order valence-corrected chi connectivity index (χ3v) is 5.70. The van der Waals surface area contributed by atoms with Crippen LogP contribution in [0.2, 0.25) is 0 Å². The van der Waals surface area contributed by atoms with Crippen LogP contribution in [0.15, 0.2) is 35.5 Å². The summed E-state index contributed by atoms with van der Waals surface area (Å²) in [7, 11) is 0. The van der Waals surface area contributed by atoms with Crippen molar-refractivity contribution in [3.63, 3.8) is 0 Å². The van der Waals surface area contributed by atoms with Gasteiger partial charge in [0.05, 0.1) is 18.2 Å². The summed E-state index contributed by atoms with van der Waals surface area (Å²) < 4.78 is 18.8. The van der Waals surface area contributed by atoms with Crippen molar-refractivity contribution in [3.05, 3.63) is 46.9 Å². The van der Waals surface area contributed by atoms with Gasteiger partial charge in [-0.05, 0) is 63.4 Å². The normalized spacial score (nSPS) is 21.3. The molecule has 1 fully saturated rings. The molecule has 0 saturated carbocycles. The van der Waals surface area contributed by atoms with Gasteiger partial charge in [-0.25, -0.2) is 14.0 Å². The Labute approximate surface area is 171 Å². The zero-order valence-electron chi connectivity index (χ0n) is 17.4. The van der Waals surface area contributed by atoms with Crippen LogP contribution in [0.25, 0.3) is 0 Å². The van der Waals surface area contributed by atoms with Crippen molar-refractivity contribution in [1.82, 2.24) is 15.1 Å². The summed E-state index contributed by atoms with van der Waals surface area (Å²) in [5, 5.41) is 2.90. The summed E-state index contributed by atoms with van der Waals surface area (Å²) in [6.45, 7) is 8.96. The van der Waals surface area contributed by atoms with Crippen molar-refractivity contribution in [3.8, 4) is 0 Å². The van der Waals surface area contributed by atoms with E-state index < -0.39 is 12.0 Å². The quantitative estimate of drug-likeness (QED) is 0.739. The fourth-order valence-corrected chi connectivity index (χ4v) is 3.99. The summed E-state index contributed by atoms with van der Waals surface area (Å²) in [6.07, 6.45) is 2.20. The average molecular weight is 403 g/mol. The van der Waals surface area contributed by atoms with Gasteiger partial charge >= 0.3 is 12.0 Å². The molecule has 0 radical (unpaired) electrons. The Hall–Kier alpha value is -2.41. The second-order valence-electron chi connectivity index (χ2n) is 7.72. The Morgan fingerprint density at radius 1 is 1.21 bits per heavy atom. The predicted molar refractivity (Wildman–Crippen MR) is 109 cm³/mol. The minimum absolute atomic E-state index is 0.243. The highest BCUT2D eigenvalue weighted by Gasteiger charge is 2.38. The fraction of sp³-hybridized carbons (Fsp3) is 0.545. The molecule has 1 N–H and O–H groups in total. The van der Waals surface area contributed by atoms with Crippen molar-refractivity contribution < 1.29 is 18.7 Å². The fourth-order valence-electron chi connectivity index (χ4n) is 3.99. The van der Waals surface area contributed by atoms with E-state index in [1.54, 1.807) is 24.0 Å². The van der Waals surface area contributed by atoms with E-state index in [1.165, 1.54) is 12.1 Å². The Morgan fingerprint density at radius 3 is 2.45 bits per heavy atom. The molecule has 0 aromatic heterocycles. The minimum atomic E-state index is -0.663. The molecule has 2 aliphatic heterocycles. The molecule has 1 atom stereocenters. The number of likely N-dealkylation sites (N-methyl/N-ethyl adjacent to an activating group) is 1. The lowest BCUT2D eigenvalue weighted by atomic mass is 9.93. The van der Waals surface area contributed by atoms with Gasteiger partial charge in [-0.2, -0.15) is 0 Å². The van der Waals surface area contributed by atoms with Crippen LogP contribution in [-0.4, -0.2) is 54.6 Å². The molecule has 1 aromatic rings. The van der Waals surface area contributed by atoms with Crippen LogP contribution in [0, 0.1) is 11.7 Å². The lowest BCUT2D eigenvalue weighted by Gasteiger charge is -2.39. The molecular formula is C22H30FN3O3. The van der Waals surface area contributed by atoms with E-state index in [4.69, 9.17) is 4.74 Å². The molecule has 1 aromatic carbocycles. The van der Waals surface area contributed by atoms with Crippen LogP contribution in [0.3, 0.4) is 0 Å². The highest BCUT2D eigenvalue weighted by molar-refractivity contribution is 5.95. The summed E-state index contributed by atoms with van der Waals surface area (Å²) >= 11 is 0. The molecule has 0 spiro atoms. The first kappa shape index (κ1) is 21.3. The number of hydrogen-bond acceptors (Lipinski definition) is 4. The van der Waals surface area contributed by atoms with Crippen molar-refractivity contribution in [2.45, 2.75) is 39.7 Å². The number of esters is 1. The molecule has 2 aliphatic rings. The Kier molecular flexibility index (Phi) is 6.90. The summed E-state index contributed by atoms with van der Waals surface area (Å²) in [6, 6.07) is 4.95. The lowest BCUT2D eigenvalue weighted by Crippen LogP contribution is -2.51. The molecule has 2 heterocycles. The van der Waals surface area contributed by atoms with Crippen molar-refractivity contribution in [2.75, 3.05) is 32.8 Å². The number of hydrogen-bond donors (Lipinski definition) is 1. The Bertz CT molecular complexity index is 770. The standard InChI is InChI=1S/C22H30FN3O3/c1-4-26-18(14-25-12-10-15(3)11-13-25)19(21(27)29-5-2)20(24-22(26)28)16-6-8-17(23)9-7-16/h6-9,15,20H,4-5,10-14H2,1-3H3,(H,24,28)/t20-/m1/s1. The van der Waals surface area contributed by atoms with E-state index in [1.807, 2.05) is 6.92 Å². The highest BCUT2D eigenvalue weighted by atomic mass is 19.1. The van der Waals surface area contributed by atoms with Crippen molar-refractivity contribution in [2.24, 2.45) is 5.92 Å². The first-order chi connectivity index (χ1) is 13.9. The van der Waals surface area contributed by atoms with E-state index >= 15 is 0 Å². The topological polar surface area (TPSA) is 61.9 Å². The van der Waals surface area contributed by atoms with Gasteiger partial charge in [-0.15, -0.1) is 0 Å². The number of carbonyl (C=O) groups excluding carboxylic acids is 2. The molecule has 2 amide bonds. The minimum Gasteiger partial charge on any atom is -0.463 e. The van der Waals surface area contributed by atoms with Crippen LogP contribution < -0.4 is 5.32 Å². The number of halogens is 1. The van der Waals surface area contributed by atoms with Crippen LogP contribution >= 0.6 is 0 Å². The van der Waals surface area contributed by atoms with Crippen LogP contribution in [0.1, 0.15) is 45.2 Å². The number of benzene rings is 1. The molecule has 3 rings (SSSR count). The monoisotopic (exact) mass is 403 g/mol. The zero-order chi connectivity index (χ0) is 21.0. The predicted octanol–water partition coefficient (Wildman–Crippen LogP) is 3.46. The second kappa shape index (κ2) is 9.39. The van der Waals surface area contributed by atoms with Gasteiger partial charge < -0.3 is 10.1 Å². The van der Waals surface area contributed by atoms with Gasteiger partial charge in [0.2, 0.25) is 0 Å². The number of piperidine rings is 1. The van der Waals surface area contributed by atoms with Crippen molar-refractivity contribution >= 4 is 12.0 Å². The summed E-state index contributed by atoms with van der Waals surface area (Å²) in [5.41, 5.74) is 1.76. The number of rotatable bonds is 6. The number of urea groups is 1. The molecule has 0 unspecified atom stereocenters. The van der Waals surface area contributed by atoms with E-state index in [9.17, 15) is 14.0 Å². The molecule has 6 nitrogen and oxygen atoms in total. The van der Waals surface area contributed by atoms with Gasteiger partial charge in [0.1, 0.15) is 5.82 Å². The zero-order valence-corrected chi connectivity index (χ0v) is 17.4.